The largest absolute Gasteiger partial charge is 0.320 e. The second-order valence-corrected chi connectivity index (χ2v) is 0.129. The third kappa shape index (κ3) is 27.4. The Hall–Kier alpha value is -0.525. The van der Waals surface area contributed by atoms with Gasteiger partial charge in [-0.15, -0.1) is 0 Å². The number of nitrogens with two attached hydrogens (primary N) is 1. The Kier molecular flexibility index (Phi) is 166. The number of nitrogens with zero attached hydrogens (tertiary/aromatic N) is 1. The van der Waals surface area contributed by atoms with E-state index in [9.17, 15) is 0 Å². The minimum Gasteiger partial charge on any atom is -0.320 e. The maximum atomic E-state index is 7.10. The molecular weight excluding hydrogens is 66.8 g/mol. The van der Waals surface area contributed by atoms with Crippen molar-refractivity contribution in [3.8, 4) is 5.97 Å². The summed E-state index contributed by atoms with van der Waals surface area (Å²) in [6.45, 7) is 0. The fourth-order valence-corrected chi connectivity index (χ4v) is 0. The highest BCUT2D eigenvalue weighted by molar-refractivity contribution is 6.20. The summed E-state index contributed by atoms with van der Waals surface area (Å²) in [4.78, 5) is 0. The minimum atomic E-state index is 1.25. The first kappa shape index (κ1) is 8.82. The SMILES string of the molecule is NO.[B]C#N. The van der Waals surface area contributed by atoms with E-state index in [1.807, 2.05) is 0 Å². The predicted molar refractivity (Wildman–Crippen MR) is 17.3 cm³/mol. The quantitative estimate of drug-likeness (QED) is 0.282. The van der Waals surface area contributed by atoms with Crippen molar-refractivity contribution >= 4 is 7.85 Å². The highest BCUT2D eigenvalue weighted by atomic mass is 16.4. The molecule has 3 N–H and O–H groups in total. The van der Waals surface area contributed by atoms with Crippen molar-refractivity contribution in [1.29, 1.82) is 5.26 Å². The maximum Gasteiger partial charge on any atom is 0.229 e. The summed E-state index contributed by atoms with van der Waals surface area (Å²) in [7, 11) is 4.15. The molecule has 0 aromatic carbocycles. The van der Waals surface area contributed by atoms with Crippen molar-refractivity contribution in [1.82, 2.24) is 0 Å². The van der Waals surface area contributed by atoms with Crippen molar-refractivity contribution in [2.75, 3.05) is 0 Å². The van der Waals surface area contributed by atoms with Crippen LogP contribution in [0.1, 0.15) is 0 Å². The summed E-state index contributed by atoms with van der Waals surface area (Å²) in [6, 6.07) is 0. The zero-order valence-corrected chi connectivity index (χ0v) is 2.55. The summed E-state index contributed by atoms with van der Waals surface area (Å²) >= 11 is 0. The first-order chi connectivity index (χ1) is 2.41. The van der Waals surface area contributed by atoms with Gasteiger partial charge in [-0.05, 0) is 5.97 Å². The van der Waals surface area contributed by atoms with Crippen molar-refractivity contribution < 1.29 is 5.21 Å². The lowest BCUT2D eigenvalue weighted by Gasteiger charge is -1.27. The van der Waals surface area contributed by atoms with Gasteiger partial charge in [-0.25, -0.2) is 11.2 Å². The molecule has 5 heavy (non-hydrogen) atoms. The highest BCUT2D eigenvalue weighted by Gasteiger charge is 1.22. The summed E-state index contributed by atoms with van der Waals surface area (Å²) in [5, 5.41) is 13.6. The molecule has 0 aliphatic heterocycles. The van der Waals surface area contributed by atoms with Crippen LogP contribution in [0.3, 0.4) is 0 Å². The highest BCUT2D eigenvalue weighted by Crippen LogP contribution is 1.04. The molecular formula is CH3BN2O. The average Bonchev–Trinajstić information content (AvgIpc) is 1.46. The zero-order valence-electron chi connectivity index (χ0n) is 2.55. The molecule has 0 aliphatic rings. The van der Waals surface area contributed by atoms with Crippen LogP contribution in [0.4, 0.5) is 0 Å². The smallest absolute Gasteiger partial charge is 0.229 e. The Morgan fingerprint density at radius 2 is 1.80 bits per heavy atom. The van der Waals surface area contributed by atoms with E-state index >= 15 is 0 Å². The van der Waals surface area contributed by atoms with Crippen molar-refractivity contribution in [2.24, 2.45) is 5.90 Å². The van der Waals surface area contributed by atoms with Gasteiger partial charge in [-0.2, -0.15) is 0 Å². The van der Waals surface area contributed by atoms with E-state index in [0.29, 0.717) is 0 Å². The Balaban J connectivity index is 0. The van der Waals surface area contributed by atoms with Gasteiger partial charge < -0.3 is 5.21 Å². The molecule has 4 heteroatoms. The van der Waals surface area contributed by atoms with Crippen LogP contribution in [0.25, 0.3) is 0 Å². The minimum absolute atomic E-state index is 1.25. The summed E-state index contributed by atoms with van der Waals surface area (Å²) in [5.41, 5.74) is 0. The van der Waals surface area contributed by atoms with Gasteiger partial charge >= 0.3 is 0 Å². The summed E-state index contributed by atoms with van der Waals surface area (Å²) in [5.74, 6) is 4.75. The molecule has 0 unspecified atom stereocenters. The van der Waals surface area contributed by atoms with Crippen LogP contribution < -0.4 is 5.90 Å². The van der Waals surface area contributed by atoms with Crippen LogP contribution in [-0.2, 0) is 0 Å². The van der Waals surface area contributed by atoms with Gasteiger partial charge in [0.05, 0.1) is 0 Å². The Labute approximate surface area is 31.4 Å². The van der Waals surface area contributed by atoms with E-state index in [-0.39, 0.29) is 0 Å². The average molecular weight is 69.9 g/mol. The molecule has 0 saturated heterocycles. The normalized spacial score (nSPS) is 2.60. The Bertz CT molecular complexity index is 31.1. The third-order valence-corrected chi connectivity index (χ3v) is 0. The standard InChI is InChI=1S/CBN.H3NO/c2-1-3;1-2/h;2H,1H2. The summed E-state index contributed by atoms with van der Waals surface area (Å²) < 4.78 is 0. The van der Waals surface area contributed by atoms with Gasteiger partial charge in [0, 0.05) is 0 Å². The molecule has 2 radical (unpaired) electrons. The van der Waals surface area contributed by atoms with Crippen LogP contribution in [0.5, 0.6) is 0 Å². The molecule has 0 aromatic rings. The third-order valence-electron chi connectivity index (χ3n) is 0. The number of hydrogen-bond donors (Lipinski definition) is 2. The van der Waals surface area contributed by atoms with Gasteiger partial charge in [0.2, 0.25) is 7.85 Å². The van der Waals surface area contributed by atoms with Crippen molar-refractivity contribution in [2.45, 2.75) is 0 Å². The lowest BCUT2D eigenvalue weighted by atomic mass is 10.2. The Morgan fingerprint density at radius 3 is 1.80 bits per heavy atom. The van der Waals surface area contributed by atoms with E-state index in [4.69, 9.17) is 10.5 Å². The van der Waals surface area contributed by atoms with Gasteiger partial charge in [0.1, 0.15) is 0 Å². The maximum absolute atomic E-state index is 7.10. The lowest BCUT2D eigenvalue weighted by molar-refractivity contribution is 0.311. The van der Waals surface area contributed by atoms with Crippen LogP contribution in [0.15, 0.2) is 0 Å². The van der Waals surface area contributed by atoms with Crippen molar-refractivity contribution in [3.05, 3.63) is 0 Å². The monoisotopic (exact) mass is 70.0 g/mol. The molecule has 0 atom stereocenters. The van der Waals surface area contributed by atoms with Gasteiger partial charge in [0.15, 0.2) is 0 Å². The van der Waals surface area contributed by atoms with Crippen LogP contribution in [0.2, 0.25) is 0 Å². The molecule has 0 saturated carbocycles. The van der Waals surface area contributed by atoms with Crippen LogP contribution in [0, 0.1) is 11.2 Å². The molecule has 0 spiro atoms. The van der Waals surface area contributed by atoms with Gasteiger partial charge in [-0.1, -0.05) is 0 Å². The van der Waals surface area contributed by atoms with Crippen LogP contribution in [-0.4, -0.2) is 13.1 Å². The fourth-order valence-electron chi connectivity index (χ4n) is 0. The molecule has 0 heterocycles. The molecule has 0 bridgehead atoms. The topological polar surface area (TPSA) is 70.0 Å². The number of rotatable bonds is 0. The van der Waals surface area contributed by atoms with Gasteiger partial charge in [-0.3, -0.25) is 0 Å². The van der Waals surface area contributed by atoms with Crippen molar-refractivity contribution in [3.63, 3.8) is 0 Å². The molecule has 0 fully saturated rings. The van der Waals surface area contributed by atoms with E-state index < -0.39 is 0 Å². The number of hydrogen-bond acceptors (Lipinski definition) is 3. The predicted octanol–water partition coefficient (Wildman–Crippen LogP) is -1.03. The Morgan fingerprint density at radius 1 is 1.80 bits per heavy atom. The molecule has 0 aliphatic carbocycles. The molecule has 26 valence electrons. The summed E-state index contributed by atoms with van der Waals surface area (Å²) in [6.07, 6.45) is 0. The fraction of sp³-hybridized carbons (Fsp3) is 0. The van der Waals surface area contributed by atoms with Crippen LogP contribution >= 0.6 is 0 Å². The first-order valence-electron chi connectivity index (χ1n) is 0.770. The van der Waals surface area contributed by atoms with Gasteiger partial charge in [0.25, 0.3) is 0 Å². The number of nitriles is 1. The molecule has 3 nitrogen and oxygen atoms in total. The second kappa shape index (κ2) is 94.4. The first-order valence-corrected chi connectivity index (χ1v) is 0.770. The van der Waals surface area contributed by atoms with E-state index in [2.05, 4.69) is 13.7 Å². The second-order valence-electron chi connectivity index (χ2n) is 0.129. The molecule has 0 aromatic heterocycles. The zero-order chi connectivity index (χ0) is 4.71. The molecule has 0 rings (SSSR count). The van der Waals surface area contributed by atoms with E-state index in [0.717, 1.165) is 0 Å². The van der Waals surface area contributed by atoms with E-state index in [1.165, 1.54) is 5.97 Å². The lowest BCUT2D eigenvalue weighted by Crippen LogP contribution is -1.72. The van der Waals surface area contributed by atoms with E-state index in [1.54, 1.807) is 0 Å². The molecule has 0 amide bonds.